The Kier molecular flexibility index (Phi) is 2.20. The highest BCUT2D eigenvalue weighted by Crippen LogP contribution is 2.44. The van der Waals surface area contributed by atoms with Crippen LogP contribution in [0, 0.1) is 5.92 Å². The Labute approximate surface area is 80.2 Å². The zero-order chi connectivity index (χ0) is 9.47. The first-order valence-corrected chi connectivity index (χ1v) is 5.19. The molecule has 2 rings (SSSR count). The molecule has 0 unspecified atom stereocenters. The smallest absolute Gasteiger partial charge is 0.0928 e. The van der Waals surface area contributed by atoms with Crippen LogP contribution in [-0.4, -0.2) is 35.2 Å². The van der Waals surface area contributed by atoms with Crippen molar-refractivity contribution in [2.24, 2.45) is 5.92 Å². The van der Waals surface area contributed by atoms with Crippen LogP contribution < -0.4 is 0 Å². The molecule has 1 aliphatic heterocycles. The third kappa shape index (κ3) is 1.94. The van der Waals surface area contributed by atoms with Gasteiger partial charge in [-0.15, -0.1) is 6.58 Å². The highest BCUT2D eigenvalue weighted by Gasteiger charge is 2.51. The molecule has 0 bridgehead atoms. The molecule has 0 aromatic carbocycles. The van der Waals surface area contributed by atoms with Gasteiger partial charge >= 0.3 is 0 Å². The lowest BCUT2D eigenvalue weighted by atomic mass is 9.88. The second kappa shape index (κ2) is 3.10. The van der Waals surface area contributed by atoms with Crippen LogP contribution in [0.25, 0.3) is 0 Å². The van der Waals surface area contributed by atoms with Crippen LogP contribution >= 0.6 is 0 Å². The lowest BCUT2D eigenvalue weighted by molar-refractivity contribution is -0.112. The van der Waals surface area contributed by atoms with Crippen LogP contribution in [0.3, 0.4) is 0 Å². The number of β-amino-alcohol motifs (C(OH)–C–C–N with tert-alkyl or cyclic N) is 1. The topological polar surface area (TPSA) is 23.5 Å². The van der Waals surface area contributed by atoms with Crippen molar-refractivity contribution in [1.29, 1.82) is 0 Å². The third-order valence-electron chi connectivity index (χ3n) is 3.19. The monoisotopic (exact) mass is 181 g/mol. The van der Waals surface area contributed by atoms with Crippen molar-refractivity contribution in [1.82, 2.24) is 4.90 Å². The van der Waals surface area contributed by atoms with Crippen molar-refractivity contribution in [3.63, 3.8) is 0 Å². The first-order chi connectivity index (χ1) is 6.10. The van der Waals surface area contributed by atoms with E-state index in [1.807, 2.05) is 0 Å². The van der Waals surface area contributed by atoms with E-state index in [0.717, 1.165) is 26.1 Å². The molecule has 1 N–H and O–H groups in total. The molecule has 0 aromatic rings. The lowest BCUT2D eigenvalue weighted by Crippen LogP contribution is -2.63. The molecule has 0 atom stereocenters. The Morgan fingerprint density at radius 1 is 1.54 bits per heavy atom. The van der Waals surface area contributed by atoms with E-state index in [-0.39, 0.29) is 5.60 Å². The van der Waals surface area contributed by atoms with E-state index in [9.17, 15) is 5.11 Å². The highest BCUT2D eigenvalue weighted by atomic mass is 16.3. The molecule has 2 nitrogen and oxygen atoms in total. The fourth-order valence-electron chi connectivity index (χ4n) is 2.11. The minimum Gasteiger partial charge on any atom is -0.387 e. The van der Waals surface area contributed by atoms with E-state index >= 15 is 0 Å². The quantitative estimate of drug-likeness (QED) is 0.663. The maximum absolute atomic E-state index is 10.0. The fourth-order valence-corrected chi connectivity index (χ4v) is 2.11. The van der Waals surface area contributed by atoms with Gasteiger partial charge in [-0.3, -0.25) is 4.90 Å². The number of hydrogen-bond donors (Lipinski definition) is 1. The van der Waals surface area contributed by atoms with Gasteiger partial charge in [-0.25, -0.2) is 0 Å². The lowest BCUT2D eigenvalue weighted by Gasteiger charge is -2.47. The molecule has 1 saturated heterocycles. The van der Waals surface area contributed by atoms with Crippen molar-refractivity contribution >= 4 is 0 Å². The minimum absolute atomic E-state index is 0.310. The van der Waals surface area contributed by atoms with Crippen LogP contribution in [0.5, 0.6) is 0 Å². The molecule has 74 valence electrons. The van der Waals surface area contributed by atoms with E-state index in [0.29, 0.717) is 5.92 Å². The fraction of sp³-hybridized carbons (Fsp3) is 0.818. The van der Waals surface area contributed by atoms with Crippen molar-refractivity contribution in [2.45, 2.75) is 31.8 Å². The molecule has 0 radical (unpaired) electrons. The molecule has 2 heteroatoms. The average Bonchev–Trinajstić information content (AvgIpc) is 2.77. The predicted octanol–water partition coefficient (Wildman–Crippen LogP) is 1.41. The normalized spacial score (nSPS) is 26.9. The van der Waals surface area contributed by atoms with Gasteiger partial charge in [0.15, 0.2) is 0 Å². The maximum Gasteiger partial charge on any atom is 0.0928 e. The van der Waals surface area contributed by atoms with E-state index < -0.39 is 0 Å². The van der Waals surface area contributed by atoms with E-state index in [1.54, 1.807) is 0 Å². The predicted molar refractivity (Wildman–Crippen MR) is 53.5 cm³/mol. The number of likely N-dealkylation sites (tertiary alicyclic amines) is 1. The molecule has 0 spiro atoms. The average molecular weight is 181 g/mol. The van der Waals surface area contributed by atoms with E-state index in [2.05, 4.69) is 18.4 Å². The maximum atomic E-state index is 10.0. The Bertz CT molecular complexity index is 214. The zero-order valence-corrected chi connectivity index (χ0v) is 8.42. The molecule has 0 amide bonds. The number of rotatable bonds is 4. The Morgan fingerprint density at radius 3 is 2.62 bits per heavy atom. The standard InChI is InChI=1S/C11H19NO/c1-9(2)5-6-12-7-11(13,8-12)10-3-4-10/h10,13H,1,3-8H2,2H3. The van der Waals surface area contributed by atoms with Gasteiger partial charge in [0.2, 0.25) is 0 Å². The molecular formula is C11H19NO. The summed E-state index contributed by atoms with van der Waals surface area (Å²) in [6, 6.07) is 0. The molecular weight excluding hydrogens is 162 g/mol. The van der Waals surface area contributed by atoms with Crippen LogP contribution in [0.4, 0.5) is 0 Å². The van der Waals surface area contributed by atoms with Crippen LogP contribution in [0.2, 0.25) is 0 Å². The van der Waals surface area contributed by atoms with Crippen LogP contribution in [0.15, 0.2) is 12.2 Å². The summed E-state index contributed by atoms with van der Waals surface area (Å²) in [5.41, 5.74) is 0.927. The number of nitrogens with zero attached hydrogens (tertiary/aromatic N) is 1. The van der Waals surface area contributed by atoms with Gasteiger partial charge < -0.3 is 5.11 Å². The van der Waals surface area contributed by atoms with Crippen molar-refractivity contribution in [2.75, 3.05) is 19.6 Å². The molecule has 2 fully saturated rings. The van der Waals surface area contributed by atoms with Gasteiger partial charge in [-0.2, -0.15) is 0 Å². The largest absolute Gasteiger partial charge is 0.387 e. The Balaban J connectivity index is 1.68. The van der Waals surface area contributed by atoms with Gasteiger partial charge in [0.1, 0.15) is 0 Å². The van der Waals surface area contributed by atoms with E-state index in [4.69, 9.17) is 0 Å². The second-order valence-corrected chi connectivity index (χ2v) is 4.80. The van der Waals surface area contributed by atoms with Crippen LogP contribution in [0.1, 0.15) is 26.2 Å². The molecule has 0 aromatic heterocycles. The molecule has 1 aliphatic carbocycles. The summed E-state index contributed by atoms with van der Waals surface area (Å²) < 4.78 is 0. The summed E-state index contributed by atoms with van der Waals surface area (Å²) in [6.45, 7) is 8.80. The van der Waals surface area contributed by atoms with Gasteiger partial charge in [-0.05, 0) is 32.1 Å². The van der Waals surface area contributed by atoms with Gasteiger partial charge in [0.05, 0.1) is 5.60 Å². The Morgan fingerprint density at radius 2 is 2.15 bits per heavy atom. The van der Waals surface area contributed by atoms with Gasteiger partial charge in [0, 0.05) is 19.6 Å². The van der Waals surface area contributed by atoms with E-state index in [1.165, 1.54) is 18.4 Å². The third-order valence-corrected chi connectivity index (χ3v) is 3.19. The first kappa shape index (κ1) is 9.22. The summed E-state index contributed by atoms with van der Waals surface area (Å²) in [7, 11) is 0. The zero-order valence-electron chi connectivity index (χ0n) is 8.42. The minimum atomic E-state index is -0.310. The summed E-state index contributed by atoms with van der Waals surface area (Å²) >= 11 is 0. The SMILES string of the molecule is C=C(C)CCN1CC(O)(C2CC2)C1. The first-order valence-electron chi connectivity index (χ1n) is 5.19. The van der Waals surface area contributed by atoms with Crippen LogP contribution in [-0.2, 0) is 0 Å². The summed E-state index contributed by atoms with van der Waals surface area (Å²) in [6.07, 6.45) is 3.55. The molecule has 1 heterocycles. The molecule has 13 heavy (non-hydrogen) atoms. The second-order valence-electron chi connectivity index (χ2n) is 4.80. The van der Waals surface area contributed by atoms with Gasteiger partial charge in [0.25, 0.3) is 0 Å². The number of aliphatic hydroxyl groups is 1. The van der Waals surface area contributed by atoms with Crippen molar-refractivity contribution in [3.05, 3.63) is 12.2 Å². The molecule has 2 aliphatic rings. The van der Waals surface area contributed by atoms with Crippen molar-refractivity contribution in [3.8, 4) is 0 Å². The summed E-state index contributed by atoms with van der Waals surface area (Å²) in [5, 5.41) is 10.0. The number of hydrogen-bond acceptors (Lipinski definition) is 2. The summed E-state index contributed by atoms with van der Waals surface area (Å²) in [5.74, 6) is 0.619. The highest BCUT2D eigenvalue weighted by molar-refractivity contribution is 5.05. The Hall–Kier alpha value is -0.340. The summed E-state index contributed by atoms with van der Waals surface area (Å²) in [4.78, 5) is 2.33. The van der Waals surface area contributed by atoms with Gasteiger partial charge in [-0.1, -0.05) is 5.57 Å². The van der Waals surface area contributed by atoms with Crippen molar-refractivity contribution < 1.29 is 5.11 Å². The molecule has 1 saturated carbocycles.